The maximum Gasteiger partial charge on any atom is 0.306 e. The van der Waals surface area contributed by atoms with Gasteiger partial charge in [0.05, 0.1) is 24.8 Å². The predicted molar refractivity (Wildman–Crippen MR) is 171 cm³/mol. The molecule has 2 heterocycles. The molecule has 0 bridgehead atoms. The van der Waals surface area contributed by atoms with E-state index in [1.165, 1.54) is 30.3 Å². The van der Waals surface area contributed by atoms with Crippen LogP contribution in [0.15, 0.2) is 91.3 Å². The second-order valence-corrected chi connectivity index (χ2v) is 11.8. The fourth-order valence-electron chi connectivity index (χ4n) is 5.81. The Hall–Kier alpha value is -4.38. The lowest BCUT2D eigenvalue weighted by molar-refractivity contribution is -0.145. The summed E-state index contributed by atoms with van der Waals surface area (Å²) in [7, 11) is 0. The number of carbonyl (C=O) groups excluding carboxylic acids is 2. The Morgan fingerprint density at radius 3 is 2.26 bits per heavy atom. The van der Waals surface area contributed by atoms with Gasteiger partial charge in [0.1, 0.15) is 24.1 Å². The van der Waals surface area contributed by atoms with Crippen LogP contribution in [-0.2, 0) is 38.3 Å². The van der Waals surface area contributed by atoms with Crippen LogP contribution in [0.1, 0.15) is 46.6 Å². The van der Waals surface area contributed by atoms with Crippen molar-refractivity contribution in [3.05, 3.63) is 137 Å². The second-order valence-electron chi connectivity index (χ2n) is 11.8. The number of aryl methyl sites for hydroxylation is 1. The molecule has 3 aromatic carbocycles. The van der Waals surface area contributed by atoms with E-state index in [4.69, 9.17) is 15.2 Å². The number of benzene rings is 3. The molecule has 47 heavy (non-hydrogen) atoms. The molecule has 0 unspecified atom stereocenters. The van der Waals surface area contributed by atoms with Crippen LogP contribution in [0.4, 0.5) is 13.2 Å². The molecule has 0 radical (unpaired) electrons. The Morgan fingerprint density at radius 1 is 0.936 bits per heavy atom. The fraction of sp³-hybridized carbons (Fsp3) is 0.324. The molecule has 1 fully saturated rings. The zero-order valence-electron chi connectivity index (χ0n) is 25.9. The summed E-state index contributed by atoms with van der Waals surface area (Å²) in [6, 6.07) is 18.6. The monoisotopic (exact) mass is 645 g/mol. The normalized spacial score (nSPS) is 17.0. The van der Waals surface area contributed by atoms with Gasteiger partial charge in [0.25, 0.3) is 0 Å². The van der Waals surface area contributed by atoms with E-state index in [0.717, 1.165) is 5.56 Å². The number of rotatable bonds is 14. The van der Waals surface area contributed by atoms with Crippen LogP contribution in [0.25, 0.3) is 0 Å². The van der Waals surface area contributed by atoms with Crippen LogP contribution < -0.4 is 11.1 Å². The van der Waals surface area contributed by atoms with Gasteiger partial charge in [0.2, 0.25) is 0 Å². The lowest BCUT2D eigenvalue weighted by atomic mass is 9.82. The highest BCUT2D eigenvalue weighted by Crippen LogP contribution is 2.29. The van der Waals surface area contributed by atoms with Gasteiger partial charge in [0.15, 0.2) is 5.78 Å². The number of carbonyl (C=O) groups is 2. The van der Waals surface area contributed by atoms with Crippen LogP contribution in [0, 0.1) is 17.5 Å². The summed E-state index contributed by atoms with van der Waals surface area (Å²) >= 11 is 0. The number of nitrogens with two attached hydrogens (primary N) is 1. The third-order valence-corrected chi connectivity index (χ3v) is 8.44. The third kappa shape index (κ3) is 9.57. The number of morpholine rings is 1. The van der Waals surface area contributed by atoms with E-state index in [-0.39, 0.29) is 43.3 Å². The first-order chi connectivity index (χ1) is 22.8. The number of esters is 1. The molecular formula is C37H38F3N3O4. The summed E-state index contributed by atoms with van der Waals surface area (Å²) in [4.78, 5) is 29.8. The highest BCUT2D eigenvalue weighted by atomic mass is 19.1. The van der Waals surface area contributed by atoms with E-state index in [1.54, 1.807) is 48.8 Å². The van der Waals surface area contributed by atoms with Crippen molar-refractivity contribution in [2.24, 2.45) is 5.73 Å². The predicted octanol–water partition coefficient (Wildman–Crippen LogP) is 5.24. The minimum atomic E-state index is -1.05. The molecule has 7 nitrogen and oxygen atoms in total. The molecule has 246 valence electrons. The number of ether oxygens (including phenoxy) is 2. The standard InChI is InChI=1S/C37H38F3N3O4/c38-28-11-7-25(8-12-28)36(26-9-13-29(39)14-10-26)37(41)34(44)19-27-4-1-5-33(40)32(27)16-15-31-21-43-30(22-46-31)23-47-35(45)17-6-24-3-2-18-42-20-24/h1-5,7-14,18,20,30-31,36-37,43H,6,15-17,19,21-23,41H2/t30-,31+,37+/m0/s1. The molecule has 3 atom stereocenters. The number of halogens is 3. The van der Waals surface area contributed by atoms with Gasteiger partial charge < -0.3 is 20.5 Å². The number of pyridine rings is 1. The van der Waals surface area contributed by atoms with E-state index < -0.39 is 29.4 Å². The molecular weight excluding hydrogens is 607 g/mol. The Bertz CT molecular complexity index is 1570. The number of hydrogen-bond acceptors (Lipinski definition) is 7. The van der Waals surface area contributed by atoms with Crippen molar-refractivity contribution in [1.82, 2.24) is 10.3 Å². The average Bonchev–Trinajstić information content (AvgIpc) is 3.09. The molecule has 1 saturated heterocycles. The Morgan fingerprint density at radius 2 is 1.64 bits per heavy atom. The van der Waals surface area contributed by atoms with E-state index in [9.17, 15) is 18.4 Å². The maximum atomic E-state index is 15.1. The van der Waals surface area contributed by atoms with Gasteiger partial charge >= 0.3 is 5.97 Å². The van der Waals surface area contributed by atoms with Crippen LogP contribution in [-0.4, -0.2) is 54.7 Å². The van der Waals surface area contributed by atoms with Crippen molar-refractivity contribution in [2.75, 3.05) is 19.8 Å². The van der Waals surface area contributed by atoms with Gasteiger partial charge in [-0.1, -0.05) is 42.5 Å². The quantitative estimate of drug-likeness (QED) is 0.181. The molecule has 5 rings (SSSR count). The minimum Gasteiger partial charge on any atom is -0.464 e. The average molecular weight is 646 g/mol. The summed E-state index contributed by atoms with van der Waals surface area (Å²) in [6.07, 6.45) is 4.77. The van der Waals surface area contributed by atoms with Gasteiger partial charge in [-0.3, -0.25) is 14.6 Å². The van der Waals surface area contributed by atoms with Crippen LogP contribution >= 0.6 is 0 Å². The van der Waals surface area contributed by atoms with Crippen LogP contribution in [0.5, 0.6) is 0 Å². The zero-order chi connectivity index (χ0) is 33.2. The molecule has 0 saturated carbocycles. The maximum absolute atomic E-state index is 15.1. The van der Waals surface area contributed by atoms with Gasteiger partial charge in [-0.15, -0.1) is 0 Å². The van der Waals surface area contributed by atoms with Crippen LogP contribution in [0.2, 0.25) is 0 Å². The lowest BCUT2D eigenvalue weighted by Crippen LogP contribution is -2.49. The smallest absolute Gasteiger partial charge is 0.306 e. The second kappa shape index (κ2) is 16.4. The minimum absolute atomic E-state index is 0.106. The Balaban J connectivity index is 1.14. The molecule has 1 aliphatic heterocycles. The first-order valence-electron chi connectivity index (χ1n) is 15.7. The van der Waals surface area contributed by atoms with Crippen molar-refractivity contribution < 1.29 is 32.2 Å². The number of aromatic nitrogens is 1. The van der Waals surface area contributed by atoms with E-state index in [2.05, 4.69) is 10.3 Å². The molecule has 0 aliphatic carbocycles. The summed E-state index contributed by atoms with van der Waals surface area (Å²) in [6.45, 7) is 1.03. The largest absolute Gasteiger partial charge is 0.464 e. The Kier molecular flexibility index (Phi) is 11.9. The number of Topliss-reactive ketones (excluding diaryl/α,β-unsaturated/α-hetero) is 1. The molecule has 10 heteroatoms. The third-order valence-electron chi connectivity index (χ3n) is 8.44. The molecule has 4 aromatic rings. The SMILES string of the molecule is N[C@H](C(=O)Cc1cccc(F)c1CC[C@@H]1CN[C@H](COC(=O)CCc2cccnc2)CO1)C(c1ccc(F)cc1)c1ccc(F)cc1. The van der Waals surface area contributed by atoms with Crippen LogP contribution in [0.3, 0.4) is 0 Å². The summed E-state index contributed by atoms with van der Waals surface area (Å²) in [5, 5.41) is 3.34. The highest BCUT2D eigenvalue weighted by Gasteiger charge is 2.29. The number of nitrogens with zero attached hydrogens (tertiary/aromatic N) is 1. The van der Waals surface area contributed by atoms with Gasteiger partial charge in [-0.05, 0) is 83.5 Å². The molecule has 0 amide bonds. The number of nitrogens with one attached hydrogen (secondary N) is 1. The summed E-state index contributed by atoms with van der Waals surface area (Å²) in [5.74, 6) is -2.56. The first kappa shape index (κ1) is 34.0. The van der Waals surface area contributed by atoms with E-state index >= 15 is 4.39 Å². The van der Waals surface area contributed by atoms with Crippen molar-refractivity contribution in [3.63, 3.8) is 0 Å². The first-order valence-corrected chi connectivity index (χ1v) is 15.7. The lowest BCUT2D eigenvalue weighted by Gasteiger charge is -2.30. The molecule has 1 aromatic heterocycles. The van der Waals surface area contributed by atoms with E-state index in [0.29, 0.717) is 54.7 Å². The van der Waals surface area contributed by atoms with Crippen molar-refractivity contribution in [2.45, 2.75) is 56.2 Å². The fourth-order valence-corrected chi connectivity index (χ4v) is 5.81. The topological polar surface area (TPSA) is 104 Å². The van der Waals surface area contributed by atoms with E-state index in [1.807, 2.05) is 12.1 Å². The Labute approximate surface area is 272 Å². The molecule has 0 spiro atoms. The van der Waals surface area contributed by atoms with Gasteiger partial charge in [0, 0.05) is 37.7 Å². The van der Waals surface area contributed by atoms with Crippen molar-refractivity contribution in [1.29, 1.82) is 0 Å². The van der Waals surface area contributed by atoms with Gasteiger partial charge in [-0.2, -0.15) is 0 Å². The number of hydrogen-bond donors (Lipinski definition) is 2. The summed E-state index contributed by atoms with van der Waals surface area (Å²) in [5.41, 5.74) is 9.67. The molecule has 3 N–H and O–H groups in total. The molecule has 1 aliphatic rings. The van der Waals surface area contributed by atoms with Gasteiger partial charge in [-0.25, -0.2) is 13.2 Å². The highest BCUT2D eigenvalue weighted by molar-refractivity contribution is 5.87. The van der Waals surface area contributed by atoms with Crippen molar-refractivity contribution in [3.8, 4) is 0 Å². The summed E-state index contributed by atoms with van der Waals surface area (Å²) < 4.78 is 53.9. The zero-order valence-corrected chi connectivity index (χ0v) is 25.9. The number of ketones is 1. The van der Waals surface area contributed by atoms with Crippen molar-refractivity contribution >= 4 is 11.8 Å².